The monoisotopic (exact) mass is 237 g/mol. The van der Waals surface area contributed by atoms with Gasteiger partial charge in [0, 0.05) is 17.9 Å². The van der Waals surface area contributed by atoms with E-state index in [0.717, 1.165) is 24.9 Å². The third-order valence-electron chi connectivity index (χ3n) is 2.42. The molecule has 0 aliphatic heterocycles. The van der Waals surface area contributed by atoms with Crippen LogP contribution in [0.1, 0.15) is 32.3 Å². The average Bonchev–Trinajstić information content (AvgIpc) is 2.20. The molecule has 1 rings (SSSR count). The van der Waals surface area contributed by atoms with Gasteiger partial charge in [-0.15, -0.1) is 0 Å². The average molecular weight is 237 g/mol. The minimum Gasteiger partial charge on any atom is -0.399 e. The SMILES string of the molecule is CC(=O)SC(C)CCCc1ccc(N)cc1. The summed E-state index contributed by atoms with van der Waals surface area (Å²) in [7, 11) is 0. The molecule has 0 saturated heterocycles. The van der Waals surface area contributed by atoms with Crippen molar-refractivity contribution in [3.63, 3.8) is 0 Å². The number of carbonyl (C=O) groups is 1. The van der Waals surface area contributed by atoms with Crippen molar-refractivity contribution in [3.05, 3.63) is 29.8 Å². The van der Waals surface area contributed by atoms with Crippen LogP contribution < -0.4 is 5.73 Å². The Morgan fingerprint density at radius 3 is 2.56 bits per heavy atom. The van der Waals surface area contributed by atoms with Crippen LogP contribution in [0.4, 0.5) is 5.69 Å². The molecule has 0 aliphatic rings. The first-order valence-electron chi connectivity index (χ1n) is 5.59. The topological polar surface area (TPSA) is 43.1 Å². The minimum absolute atomic E-state index is 0.208. The molecule has 1 aromatic carbocycles. The Labute approximate surface area is 102 Å². The van der Waals surface area contributed by atoms with E-state index in [1.54, 1.807) is 6.92 Å². The van der Waals surface area contributed by atoms with Gasteiger partial charge in [0.05, 0.1) is 0 Å². The second kappa shape index (κ2) is 6.59. The maximum absolute atomic E-state index is 10.9. The molecule has 0 aromatic heterocycles. The number of anilines is 1. The fraction of sp³-hybridized carbons (Fsp3) is 0.462. The van der Waals surface area contributed by atoms with Gasteiger partial charge in [-0.1, -0.05) is 30.8 Å². The second-order valence-corrected chi connectivity index (χ2v) is 5.67. The molecule has 1 aromatic rings. The molecule has 0 bridgehead atoms. The van der Waals surface area contributed by atoms with Gasteiger partial charge in [0.25, 0.3) is 0 Å². The number of hydrogen-bond acceptors (Lipinski definition) is 3. The summed E-state index contributed by atoms with van der Waals surface area (Å²) in [6.45, 7) is 3.73. The van der Waals surface area contributed by atoms with Gasteiger partial charge < -0.3 is 5.73 Å². The molecule has 0 spiro atoms. The maximum atomic E-state index is 10.9. The van der Waals surface area contributed by atoms with Crippen molar-refractivity contribution in [2.75, 3.05) is 5.73 Å². The van der Waals surface area contributed by atoms with Crippen LogP contribution in [0.2, 0.25) is 0 Å². The van der Waals surface area contributed by atoms with E-state index in [4.69, 9.17) is 5.73 Å². The summed E-state index contributed by atoms with van der Waals surface area (Å²) in [5.41, 5.74) is 7.74. The van der Waals surface area contributed by atoms with Crippen molar-refractivity contribution in [1.29, 1.82) is 0 Å². The van der Waals surface area contributed by atoms with Crippen molar-refractivity contribution in [2.24, 2.45) is 0 Å². The predicted octanol–water partition coefficient (Wildman–Crippen LogP) is 3.26. The highest BCUT2D eigenvalue weighted by Crippen LogP contribution is 2.18. The molecule has 0 aliphatic carbocycles. The molecule has 0 heterocycles. The number of aryl methyl sites for hydroxylation is 1. The highest BCUT2D eigenvalue weighted by atomic mass is 32.2. The highest BCUT2D eigenvalue weighted by molar-refractivity contribution is 8.14. The third-order valence-corrected chi connectivity index (χ3v) is 3.39. The van der Waals surface area contributed by atoms with Gasteiger partial charge in [0.1, 0.15) is 0 Å². The van der Waals surface area contributed by atoms with Crippen molar-refractivity contribution in [2.45, 2.75) is 38.4 Å². The van der Waals surface area contributed by atoms with Crippen LogP contribution in [0, 0.1) is 0 Å². The summed E-state index contributed by atoms with van der Waals surface area (Å²) in [4.78, 5) is 10.9. The van der Waals surface area contributed by atoms with Gasteiger partial charge >= 0.3 is 0 Å². The lowest BCUT2D eigenvalue weighted by atomic mass is 10.1. The quantitative estimate of drug-likeness (QED) is 0.799. The van der Waals surface area contributed by atoms with E-state index in [1.165, 1.54) is 17.3 Å². The van der Waals surface area contributed by atoms with Crippen molar-refractivity contribution in [3.8, 4) is 0 Å². The van der Waals surface area contributed by atoms with Crippen LogP contribution in [-0.4, -0.2) is 10.4 Å². The summed E-state index contributed by atoms with van der Waals surface area (Å²) < 4.78 is 0. The zero-order chi connectivity index (χ0) is 12.0. The van der Waals surface area contributed by atoms with Gasteiger partial charge in [-0.2, -0.15) is 0 Å². The Balaban J connectivity index is 2.25. The smallest absolute Gasteiger partial charge is 0.186 e. The van der Waals surface area contributed by atoms with Crippen LogP contribution in [0.25, 0.3) is 0 Å². The number of carbonyl (C=O) groups excluding carboxylic acids is 1. The molecule has 88 valence electrons. The number of rotatable bonds is 5. The van der Waals surface area contributed by atoms with Crippen LogP contribution in [-0.2, 0) is 11.2 Å². The molecule has 0 amide bonds. The Hall–Kier alpha value is -0.960. The van der Waals surface area contributed by atoms with Crippen molar-refractivity contribution >= 4 is 22.6 Å². The van der Waals surface area contributed by atoms with Crippen LogP contribution in [0.3, 0.4) is 0 Å². The molecule has 16 heavy (non-hydrogen) atoms. The molecule has 1 unspecified atom stereocenters. The Morgan fingerprint density at radius 2 is 2.00 bits per heavy atom. The van der Waals surface area contributed by atoms with Crippen LogP contribution in [0.15, 0.2) is 24.3 Å². The van der Waals surface area contributed by atoms with E-state index in [9.17, 15) is 4.79 Å². The number of thioether (sulfide) groups is 1. The number of nitrogen functional groups attached to an aromatic ring is 1. The standard InChI is InChI=1S/C13H19NOS/c1-10(16-11(2)15)4-3-5-12-6-8-13(14)9-7-12/h6-10H,3-5,14H2,1-2H3. The third kappa shape index (κ3) is 5.21. The fourth-order valence-corrected chi connectivity index (χ4v) is 2.47. The highest BCUT2D eigenvalue weighted by Gasteiger charge is 2.05. The number of nitrogens with two attached hydrogens (primary N) is 1. The second-order valence-electron chi connectivity index (χ2n) is 4.05. The molecule has 0 fully saturated rings. The van der Waals surface area contributed by atoms with Gasteiger partial charge in [-0.05, 0) is 37.0 Å². The molecule has 0 radical (unpaired) electrons. The molecular weight excluding hydrogens is 218 g/mol. The minimum atomic E-state index is 0.208. The normalized spacial score (nSPS) is 12.4. The molecular formula is C13H19NOS. The van der Waals surface area contributed by atoms with Gasteiger partial charge in [-0.25, -0.2) is 0 Å². The first-order chi connectivity index (χ1) is 7.58. The molecule has 1 atom stereocenters. The largest absolute Gasteiger partial charge is 0.399 e. The Bertz CT molecular complexity index is 334. The molecule has 3 heteroatoms. The number of benzene rings is 1. The van der Waals surface area contributed by atoms with E-state index in [2.05, 4.69) is 19.1 Å². The maximum Gasteiger partial charge on any atom is 0.186 e. The lowest BCUT2D eigenvalue weighted by molar-refractivity contribution is -0.109. The van der Waals surface area contributed by atoms with Crippen LogP contribution >= 0.6 is 11.8 Å². The summed E-state index contributed by atoms with van der Waals surface area (Å²) in [5.74, 6) is 0. The van der Waals surface area contributed by atoms with Gasteiger partial charge in [0.2, 0.25) is 0 Å². The van der Waals surface area contributed by atoms with Crippen molar-refractivity contribution < 1.29 is 4.79 Å². The van der Waals surface area contributed by atoms with E-state index in [1.807, 2.05) is 12.1 Å². The van der Waals surface area contributed by atoms with Gasteiger partial charge in [-0.3, -0.25) is 4.79 Å². The fourth-order valence-electron chi connectivity index (χ4n) is 1.62. The van der Waals surface area contributed by atoms with Crippen LogP contribution in [0.5, 0.6) is 0 Å². The van der Waals surface area contributed by atoms with E-state index < -0.39 is 0 Å². The summed E-state index contributed by atoms with van der Waals surface area (Å²) in [6.07, 6.45) is 3.25. The number of hydrogen-bond donors (Lipinski definition) is 1. The van der Waals surface area contributed by atoms with Gasteiger partial charge in [0.15, 0.2) is 5.12 Å². The first-order valence-corrected chi connectivity index (χ1v) is 6.47. The molecule has 2 nitrogen and oxygen atoms in total. The lowest BCUT2D eigenvalue weighted by Crippen LogP contribution is -2.00. The first kappa shape index (κ1) is 13.1. The van der Waals surface area contributed by atoms with E-state index in [-0.39, 0.29) is 5.12 Å². The summed E-state index contributed by atoms with van der Waals surface area (Å²) in [6, 6.07) is 8.00. The summed E-state index contributed by atoms with van der Waals surface area (Å²) >= 11 is 1.43. The summed E-state index contributed by atoms with van der Waals surface area (Å²) in [5, 5.41) is 0.631. The lowest BCUT2D eigenvalue weighted by Gasteiger charge is -2.08. The van der Waals surface area contributed by atoms with E-state index >= 15 is 0 Å². The Morgan fingerprint density at radius 1 is 1.38 bits per heavy atom. The zero-order valence-corrected chi connectivity index (χ0v) is 10.7. The zero-order valence-electron chi connectivity index (χ0n) is 9.90. The Kier molecular flexibility index (Phi) is 5.39. The van der Waals surface area contributed by atoms with E-state index in [0.29, 0.717) is 5.25 Å². The molecule has 0 saturated carbocycles. The predicted molar refractivity (Wildman–Crippen MR) is 71.5 cm³/mol. The van der Waals surface area contributed by atoms with Crippen molar-refractivity contribution in [1.82, 2.24) is 0 Å². The molecule has 2 N–H and O–H groups in total.